The third-order valence-electron chi connectivity index (χ3n) is 2.56. The quantitative estimate of drug-likeness (QED) is 0.696. The van der Waals surface area contributed by atoms with E-state index in [4.69, 9.17) is 9.47 Å². The average molecular weight is 267 g/mol. The Bertz CT molecular complexity index is 393. The van der Waals surface area contributed by atoms with Gasteiger partial charge in [-0.05, 0) is 31.0 Å². The molecule has 106 valence electrons. The maximum atomic E-state index is 11.5. The zero-order chi connectivity index (χ0) is 14.1. The van der Waals surface area contributed by atoms with Crippen molar-refractivity contribution in [2.75, 3.05) is 26.9 Å². The molecule has 0 saturated carbocycles. The minimum atomic E-state index is -0.550. The number of carbonyl (C=O) groups is 1. The Hall–Kier alpha value is -1.59. The molecule has 19 heavy (non-hydrogen) atoms. The van der Waals surface area contributed by atoms with Gasteiger partial charge >= 0.3 is 0 Å². The van der Waals surface area contributed by atoms with E-state index < -0.39 is 6.10 Å². The summed E-state index contributed by atoms with van der Waals surface area (Å²) in [5.74, 6) is 0.406. The van der Waals surface area contributed by atoms with Crippen LogP contribution in [0.25, 0.3) is 0 Å². The molecule has 0 saturated heterocycles. The average Bonchev–Trinajstić information content (AvgIpc) is 2.41. The van der Waals surface area contributed by atoms with Gasteiger partial charge in [-0.15, -0.1) is 0 Å². The van der Waals surface area contributed by atoms with Gasteiger partial charge in [-0.25, -0.2) is 0 Å². The van der Waals surface area contributed by atoms with Crippen LogP contribution in [-0.2, 0) is 9.53 Å². The topological polar surface area (TPSA) is 67.8 Å². The highest BCUT2D eigenvalue weighted by atomic mass is 16.5. The van der Waals surface area contributed by atoms with E-state index in [0.29, 0.717) is 18.9 Å². The van der Waals surface area contributed by atoms with E-state index >= 15 is 0 Å². The number of methoxy groups -OCH3 is 1. The Morgan fingerprint density at radius 2 is 2.26 bits per heavy atom. The van der Waals surface area contributed by atoms with Crippen molar-refractivity contribution in [1.29, 1.82) is 0 Å². The molecule has 0 spiro atoms. The van der Waals surface area contributed by atoms with Gasteiger partial charge in [-0.1, -0.05) is 12.1 Å². The van der Waals surface area contributed by atoms with Crippen LogP contribution in [0, 0.1) is 0 Å². The van der Waals surface area contributed by atoms with Gasteiger partial charge in [0.25, 0.3) is 5.91 Å². The van der Waals surface area contributed by atoms with Gasteiger partial charge in [0.15, 0.2) is 6.61 Å². The summed E-state index contributed by atoms with van der Waals surface area (Å²) in [6, 6.07) is 7.07. The van der Waals surface area contributed by atoms with E-state index in [1.165, 1.54) is 0 Å². The maximum absolute atomic E-state index is 11.5. The number of hydrogen-bond acceptors (Lipinski definition) is 4. The highest BCUT2D eigenvalue weighted by molar-refractivity contribution is 5.77. The number of ether oxygens (including phenoxy) is 2. The van der Waals surface area contributed by atoms with Crippen LogP contribution in [0.2, 0.25) is 0 Å². The largest absolute Gasteiger partial charge is 0.484 e. The molecule has 1 aromatic carbocycles. The second kappa shape index (κ2) is 8.50. The minimum Gasteiger partial charge on any atom is -0.484 e. The first kappa shape index (κ1) is 15.5. The molecule has 1 atom stereocenters. The van der Waals surface area contributed by atoms with E-state index in [0.717, 1.165) is 12.0 Å². The fourth-order valence-electron chi connectivity index (χ4n) is 1.51. The third-order valence-corrected chi connectivity index (χ3v) is 2.56. The molecule has 1 rings (SSSR count). The first-order chi connectivity index (χ1) is 9.13. The fourth-order valence-corrected chi connectivity index (χ4v) is 1.51. The SMILES string of the molecule is COCCCNC(=O)COc1cccc([C@H](C)O)c1. The van der Waals surface area contributed by atoms with Gasteiger partial charge in [-0.3, -0.25) is 4.79 Å². The smallest absolute Gasteiger partial charge is 0.257 e. The molecule has 0 aliphatic carbocycles. The lowest BCUT2D eigenvalue weighted by molar-refractivity contribution is -0.123. The van der Waals surface area contributed by atoms with Crippen molar-refractivity contribution in [3.63, 3.8) is 0 Å². The van der Waals surface area contributed by atoms with Gasteiger partial charge in [0.05, 0.1) is 6.10 Å². The number of amides is 1. The molecule has 0 aliphatic heterocycles. The Morgan fingerprint density at radius 1 is 1.47 bits per heavy atom. The van der Waals surface area contributed by atoms with Gasteiger partial charge in [-0.2, -0.15) is 0 Å². The van der Waals surface area contributed by atoms with Gasteiger partial charge in [0, 0.05) is 20.3 Å². The van der Waals surface area contributed by atoms with Crippen LogP contribution < -0.4 is 10.1 Å². The molecule has 0 bridgehead atoms. The van der Waals surface area contributed by atoms with Crippen LogP contribution in [0.3, 0.4) is 0 Å². The number of hydrogen-bond donors (Lipinski definition) is 2. The monoisotopic (exact) mass is 267 g/mol. The number of rotatable bonds is 8. The number of benzene rings is 1. The van der Waals surface area contributed by atoms with Crippen molar-refractivity contribution >= 4 is 5.91 Å². The summed E-state index contributed by atoms with van der Waals surface area (Å²) < 4.78 is 10.2. The van der Waals surface area contributed by atoms with Crippen molar-refractivity contribution in [2.24, 2.45) is 0 Å². The summed E-state index contributed by atoms with van der Waals surface area (Å²) in [6.07, 6.45) is 0.228. The molecule has 0 fully saturated rings. The molecular weight excluding hydrogens is 246 g/mol. The third kappa shape index (κ3) is 6.22. The molecule has 1 amide bonds. The number of aliphatic hydroxyl groups is 1. The Kier molecular flexibility index (Phi) is 6.92. The summed E-state index contributed by atoms with van der Waals surface area (Å²) in [6.45, 7) is 2.85. The summed E-state index contributed by atoms with van der Waals surface area (Å²) >= 11 is 0. The van der Waals surface area contributed by atoms with Crippen molar-refractivity contribution in [2.45, 2.75) is 19.4 Å². The lowest BCUT2D eigenvalue weighted by atomic mass is 10.1. The van der Waals surface area contributed by atoms with Crippen molar-refractivity contribution in [1.82, 2.24) is 5.32 Å². The molecule has 0 aliphatic rings. The van der Waals surface area contributed by atoms with E-state index in [2.05, 4.69) is 5.32 Å². The first-order valence-corrected chi connectivity index (χ1v) is 6.30. The molecule has 0 radical (unpaired) electrons. The zero-order valence-electron chi connectivity index (χ0n) is 11.4. The van der Waals surface area contributed by atoms with Gasteiger partial charge in [0.1, 0.15) is 5.75 Å². The summed E-state index contributed by atoms with van der Waals surface area (Å²) in [5.41, 5.74) is 0.762. The van der Waals surface area contributed by atoms with Crippen molar-refractivity contribution in [3.05, 3.63) is 29.8 Å². The highest BCUT2D eigenvalue weighted by Crippen LogP contribution is 2.18. The van der Waals surface area contributed by atoms with Gasteiger partial charge in [0.2, 0.25) is 0 Å². The standard InChI is InChI=1S/C14H21NO4/c1-11(16)12-5-3-6-13(9-12)19-10-14(17)15-7-4-8-18-2/h3,5-6,9,11,16H,4,7-8,10H2,1-2H3,(H,15,17)/t11-/m0/s1. The van der Waals surface area contributed by atoms with Crippen LogP contribution in [0.1, 0.15) is 25.0 Å². The van der Waals surface area contributed by atoms with E-state index in [-0.39, 0.29) is 12.5 Å². The summed E-state index contributed by atoms with van der Waals surface area (Å²) in [4.78, 5) is 11.5. The predicted octanol–water partition coefficient (Wildman–Crippen LogP) is 1.27. The lowest BCUT2D eigenvalue weighted by Crippen LogP contribution is -2.30. The molecular formula is C14H21NO4. The lowest BCUT2D eigenvalue weighted by Gasteiger charge is -2.09. The van der Waals surface area contributed by atoms with Crippen LogP contribution in [-0.4, -0.2) is 37.9 Å². The highest BCUT2D eigenvalue weighted by Gasteiger charge is 2.05. The Labute approximate surface area is 113 Å². The van der Waals surface area contributed by atoms with Crippen LogP contribution in [0.4, 0.5) is 0 Å². The second-order valence-electron chi connectivity index (χ2n) is 4.23. The first-order valence-electron chi connectivity index (χ1n) is 6.30. The van der Waals surface area contributed by atoms with Crippen LogP contribution in [0.15, 0.2) is 24.3 Å². The van der Waals surface area contributed by atoms with Gasteiger partial charge < -0.3 is 19.9 Å². The number of nitrogens with one attached hydrogen (secondary N) is 1. The molecule has 2 N–H and O–H groups in total. The minimum absolute atomic E-state index is 0.0315. The molecule has 0 unspecified atom stereocenters. The summed E-state index contributed by atoms with van der Waals surface area (Å²) in [5, 5.41) is 12.2. The predicted molar refractivity (Wildman–Crippen MR) is 72.1 cm³/mol. The normalized spacial score (nSPS) is 11.9. The van der Waals surface area contributed by atoms with E-state index in [1.54, 1.807) is 32.2 Å². The maximum Gasteiger partial charge on any atom is 0.257 e. The molecule has 1 aromatic rings. The molecule has 5 nitrogen and oxygen atoms in total. The Balaban J connectivity index is 2.31. The molecule has 0 heterocycles. The summed E-state index contributed by atoms with van der Waals surface area (Å²) in [7, 11) is 1.63. The van der Waals surface area contributed by atoms with Crippen LogP contribution >= 0.6 is 0 Å². The second-order valence-corrected chi connectivity index (χ2v) is 4.23. The number of carbonyl (C=O) groups excluding carboxylic acids is 1. The fraction of sp³-hybridized carbons (Fsp3) is 0.500. The van der Waals surface area contributed by atoms with E-state index in [9.17, 15) is 9.90 Å². The Morgan fingerprint density at radius 3 is 2.95 bits per heavy atom. The van der Waals surface area contributed by atoms with Crippen LogP contribution in [0.5, 0.6) is 5.75 Å². The zero-order valence-corrected chi connectivity index (χ0v) is 11.4. The molecule has 0 aromatic heterocycles. The van der Waals surface area contributed by atoms with E-state index in [1.807, 2.05) is 6.07 Å². The van der Waals surface area contributed by atoms with Crippen molar-refractivity contribution in [3.8, 4) is 5.75 Å². The molecule has 5 heteroatoms. The van der Waals surface area contributed by atoms with Crippen molar-refractivity contribution < 1.29 is 19.4 Å². The number of aliphatic hydroxyl groups excluding tert-OH is 1.